The molecule has 2 nitrogen and oxygen atoms in total. The fourth-order valence-electron chi connectivity index (χ4n) is 2.05. The minimum Gasteiger partial charge on any atom is -0.323 e. The zero-order chi connectivity index (χ0) is 13.2. The van der Waals surface area contributed by atoms with E-state index in [4.69, 9.17) is 5.73 Å². The normalized spacial score (nSPS) is 20.0. The van der Waals surface area contributed by atoms with E-state index in [1.807, 2.05) is 11.8 Å². The number of thioether (sulfide) groups is 1. The lowest BCUT2D eigenvalue weighted by Crippen LogP contribution is -2.18. The topological polar surface area (TPSA) is 38.9 Å². The summed E-state index contributed by atoms with van der Waals surface area (Å²) in [6, 6.07) is -0.313. The summed E-state index contributed by atoms with van der Waals surface area (Å²) in [5.74, 6) is 2.81. The maximum atomic E-state index is 12.4. The molecule has 0 aliphatic carbocycles. The first-order valence-corrected chi connectivity index (χ1v) is 7.80. The Kier molecular flexibility index (Phi) is 4.55. The first kappa shape index (κ1) is 14.1. The molecule has 102 valence electrons. The van der Waals surface area contributed by atoms with Crippen molar-refractivity contribution in [2.45, 2.75) is 31.5 Å². The molecular formula is C11H15F3N2S2. The first-order valence-electron chi connectivity index (χ1n) is 5.83. The molecule has 2 rings (SSSR count). The Balaban J connectivity index is 1.96. The minimum absolute atomic E-state index is 0.313. The number of rotatable bonds is 3. The summed E-state index contributed by atoms with van der Waals surface area (Å²) in [5.41, 5.74) is 5.98. The van der Waals surface area contributed by atoms with Crippen molar-refractivity contribution in [2.24, 2.45) is 11.7 Å². The smallest absolute Gasteiger partial charge is 0.323 e. The Hall–Kier alpha value is -0.270. The first-order chi connectivity index (χ1) is 8.47. The van der Waals surface area contributed by atoms with Crippen LogP contribution in [0, 0.1) is 5.92 Å². The van der Waals surface area contributed by atoms with Crippen LogP contribution in [0.3, 0.4) is 0 Å². The largest absolute Gasteiger partial charge is 0.443 e. The number of hydrogen-bond acceptors (Lipinski definition) is 4. The van der Waals surface area contributed by atoms with Gasteiger partial charge in [0.15, 0.2) is 5.01 Å². The van der Waals surface area contributed by atoms with Gasteiger partial charge in [0.05, 0.1) is 0 Å². The van der Waals surface area contributed by atoms with Gasteiger partial charge in [0, 0.05) is 17.1 Å². The van der Waals surface area contributed by atoms with E-state index in [1.165, 1.54) is 6.20 Å². The van der Waals surface area contributed by atoms with E-state index >= 15 is 0 Å². The number of aromatic nitrogens is 1. The zero-order valence-electron chi connectivity index (χ0n) is 9.74. The number of hydrogen-bond donors (Lipinski definition) is 1. The summed E-state index contributed by atoms with van der Waals surface area (Å²) in [4.78, 5) is 3.95. The van der Waals surface area contributed by atoms with E-state index in [0.29, 0.717) is 22.1 Å². The molecule has 0 aromatic carbocycles. The lowest BCUT2D eigenvalue weighted by molar-refractivity contribution is -0.137. The van der Waals surface area contributed by atoms with Crippen LogP contribution < -0.4 is 5.73 Å². The van der Waals surface area contributed by atoms with Crippen LogP contribution in [0.25, 0.3) is 0 Å². The molecule has 0 amide bonds. The van der Waals surface area contributed by atoms with Gasteiger partial charge in [0.2, 0.25) is 0 Å². The summed E-state index contributed by atoms with van der Waals surface area (Å²) >= 11 is 2.60. The lowest BCUT2D eigenvalue weighted by atomic mass is 9.94. The van der Waals surface area contributed by atoms with Gasteiger partial charge in [-0.25, -0.2) is 4.98 Å². The highest BCUT2D eigenvalue weighted by Gasteiger charge is 2.35. The second-order valence-electron chi connectivity index (χ2n) is 4.46. The van der Waals surface area contributed by atoms with Gasteiger partial charge in [-0.2, -0.15) is 24.9 Å². The van der Waals surface area contributed by atoms with Crippen molar-refractivity contribution in [2.75, 3.05) is 11.5 Å². The molecule has 0 bridgehead atoms. The van der Waals surface area contributed by atoms with E-state index in [9.17, 15) is 13.2 Å². The third-order valence-electron chi connectivity index (χ3n) is 3.06. The zero-order valence-corrected chi connectivity index (χ0v) is 11.4. The maximum Gasteiger partial charge on any atom is 0.443 e. The third kappa shape index (κ3) is 3.61. The van der Waals surface area contributed by atoms with E-state index in [1.54, 1.807) is 0 Å². The Morgan fingerprint density at radius 1 is 1.39 bits per heavy atom. The number of alkyl halides is 3. The lowest BCUT2D eigenvalue weighted by Gasteiger charge is -2.23. The van der Waals surface area contributed by atoms with Gasteiger partial charge < -0.3 is 5.73 Å². The molecule has 1 fully saturated rings. The van der Waals surface area contributed by atoms with E-state index < -0.39 is 11.2 Å². The molecular weight excluding hydrogens is 281 g/mol. The molecule has 1 aromatic rings. The highest BCUT2D eigenvalue weighted by molar-refractivity contribution is 7.99. The predicted octanol–water partition coefficient (Wildman–Crippen LogP) is 3.70. The second-order valence-corrected chi connectivity index (χ2v) is 6.75. The Morgan fingerprint density at radius 3 is 2.61 bits per heavy atom. The van der Waals surface area contributed by atoms with Crippen LogP contribution in [0.2, 0.25) is 0 Å². The molecule has 1 unspecified atom stereocenters. The Morgan fingerprint density at radius 2 is 2.06 bits per heavy atom. The quantitative estimate of drug-likeness (QED) is 0.924. The van der Waals surface area contributed by atoms with Crippen LogP contribution in [0.4, 0.5) is 13.2 Å². The third-order valence-corrected chi connectivity index (χ3v) is 5.28. The number of nitrogens with zero attached hydrogens (tertiary/aromatic N) is 1. The van der Waals surface area contributed by atoms with Gasteiger partial charge in [-0.05, 0) is 36.7 Å². The van der Waals surface area contributed by atoms with E-state index in [-0.39, 0.29) is 6.04 Å². The molecule has 1 aliphatic rings. The van der Waals surface area contributed by atoms with Crippen molar-refractivity contribution in [1.29, 1.82) is 0 Å². The standard InChI is InChI=1S/C11H15F3N2S2/c12-11(13,14)10-16-6-9(18-10)8(15)5-7-1-3-17-4-2-7/h6-8H,1-5,15H2. The van der Waals surface area contributed by atoms with Gasteiger partial charge in [-0.3, -0.25) is 0 Å². The number of halogens is 3. The van der Waals surface area contributed by atoms with Crippen LogP contribution in [-0.2, 0) is 6.18 Å². The SMILES string of the molecule is NC(CC1CCSCC1)c1cnc(C(F)(F)F)s1. The van der Waals surface area contributed by atoms with Crippen molar-refractivity contribution < 1.29 is 13.2 Å². The van der Waals surface area contributed by atoms with Crippen molar-refractivity contribution in [3.05, 3.63) is 16.1 Å². The van der Waals surface area contributed by atoms with Crippen LogP contribution in [0.5, 0.6) is 0 Å². The van der Waals surface area contributed by atoms with Crippen molar-refractivity contribution >= 4 is 23.1 Å². The highest BCUT2D eigenvalue weighted by atomic mass is 32.2. The van der Waals surface area contributed by atoms with Crippen LogP contribution in [0.1, 0.15) is 35.2 Å². The molecule has 2 heterocycles. The molecule has 1 aliphatic heterocycles. The van der Waals surface area contributed by atoms with E-state index in [2.05, 4.69) is 4.98 Å². The molecule has 7 heteroatoms. The summed E-state index contributed by atoms with van der Waals surface area (Å²) in [5, 5.41) is -0.799. The molecule has 0 radical (unpaired) electrons. The molecule has 1 aromatic heterocycles. The molecule has 2 N–H and O–H groups in total. The fraction of sp³-hybridized carbons (Fsp3) is 0.727. The molecule has 18 heavy (non-hydrogen) atoms. The average Bonchev–Trinajstić information content (AvgIpc) is 2.79. The summed E-state index contributed by atoms with van der Waals surface area (Å²) in [6.45, 7) is 0. The van der Waals surface area contributed by atoms with Gasteiger partial charge in [-0.1, -0.05) is 0 Å². The average molecular weight is 296 g/mol. The predicted molar refractivity (Wildman–Crippen MR) is 68.7 cm³/mol. The number of thiazole rings is 1. The van der Waals surface area contributed by atoms with Gasteiger partial charge in [0.1, 0.15) is 0 Å². The fourth-order valence-corrected chi connectivity index (χ4v) is 4.05. The second kappa shape index (κ2) is 5.79. The molecule has 0 saturated carbocycles. The number of nitrogens with two attached hydrogens (primary N) is 1. The van der Waals surface area contributed by atoms with E-state index in [0.717, 1.165) is 30.8 Å². The van der Waals surface area contributed by atoms with Crippen LogP contribution in [-0.4, -0.2) is 16.5 Å². The van der Waals surface area contributed by atoms with Crippen LogP contribution >= 0.6 is 23.1 Å². The summed E-state index contributed by atoms with van der Waals surface area (Å²) in [7, 11) is 0. The van der Waals surface area contributed by atoms with Gasteiger partial charge >= 0.3 is 6.18 Å². The molecule has 0 spiro atoms. The monoisotopic (exact) mass is 296 g/mol. The minimum atomic E-state index is -4.36. The molecule has 1 saturated heterocycles. The van der Waals surface area contributed by atoms with Crippen molar-refractivity contribution in [3.63, 3.8) is 0 Å². The maximum absolute atomic E-state index is 12.4. The van der Waals surface area contributed by atoms with Crippen LogP contribution in [0.15, 0.2) is 6.20 Å². The Labute approximate surface area is 112 Å². The van der Waals surface area contributed by atoms with Crippen molar-refractivity contribution in [1.82, 2.24) is 4.98 Å². The highest BCUT2D eigenvalue weighted by Crippen LogP contribution is 2.36. The molecule has 1 atom stereocenters. The van der Waals surface area contributed by atoms with Crippen molar-refractivity contribution in [3.8, 4) is 0 Å². The summed E-state index contributed by atoms with van der Waals surface area (Å²) < 4.78 is 37.3. The van der Waals surface area contributed by atoms with Gasteiger partial charge in [0.25, 0.3) is 0 Å². The summed E-state index contributed by atoms with van der Waals surface area (Å²) in [6.07, 6.45) is -0.0908. The Bertz CT molecular complexity index is 386. The van der Waals surface area contributed by atoms with Gasteiger partial charge in [-0.15, -0.1) is 11.3 Å².